The molecule has 0 atom stereocenters. The number of anilines is 2. The summed E-state index contributed by atoms with van der Waals surface area (Å²) in [6, 6.07) is 6.81. The van der Waals surface area contributed by atoms with Gasteiger partial charge in [0, 0.05) is 61.0 Å². The fraction of sp³-hybridized carbons (Fsp3) is 0.538. The molecule has 0 bridgehead atoms. The first kappa shape index (κ1) is 21.5. The topological polar surface area (TPSA) is 85.3 Å². The highest BCUT2D eigenvalue weighted by molar-refractivity contribution is 5.85. The molecule has 3 heterocycles. The van der Waals surface area contributed by atoms with Crippen molar-refractivity contribution < 1.29 is 9.47 Å². The second-order valence-corrected chi connectivity index (χ2v) is 9.70. The first-order valence-electron chi connectivity index (χ1n) is 12.6. The van der Waals surface area contributed by atoms with Gasteiger partial charge in [-0.25, -0.2) is 15.0 Å². The number of benzene rings is 1. The van der Waals surface area contributed by atoms with E-state index in [9.17, 15) is 0 Å². The quantitative estimate of drug-likeness (QED) is 0.585. The van der Waals surface area contributed by atoms with Gasteiger partial charge < -0.3 is 19.7 Å². The van der Waals surface area contributed by atoms with E-state index >= 15 is 0 Å². The normalized spacial score (nSPS) is 23.1. The molecule has 1 aliphatic heterocycles. The number of fused-ring (bicyclic) bond motifs is 1. The Hall–Kier alpha value is -3.00. The van der Waals surface area contributed by atoms with E-state index < -0.39 is 0 Å². The van der Waals surface area contributed by atoms with Gasteiger partial charge in [0.25, 0.3) is 0 Å². The molecule has 3 fully saturated rings. The summed E-state index contributed by atoms with van der Waals surface area (Å²) in [6.45, 7) is 5.25. The number of nitrogens with one attached hydrogen (secondary N) is 1. The van der Waals surface area contributed by atoms with E-state index in [1.807, 2.05) is 6.92 Å². The Morgan fingerprint density at radius 3 is 2.53 bits per heavy atom. The van der Waals surface area contributed by atoms with E-state index in [-0.39, 0.29) is 6.10 Å². The summed E-state index contributed by atoms with van der Waals surface area (Å²) in [5.41, 5.74) is 4.04. The van der Waals surface area contributed by atoms with Crippen LogP contribution in [0.1, 0.15) is 56.0 Å². The van der Waals surface area contributed by atoms with Gasteiger partial charge in [0.05, 0.1) is 24.8 Å². The first-order valence-corrected chi connectivity index (χ1v) is 12.6. The number of nitrogens with zero attached hydrogens (tertiary/aromatic N) is 5. The monoisotopic (exact) mass is 460 g/mol. The van der Waals surface area contributed by atoms with Crippen LogP contribution in [0.3, 0.4) is 0 Å². The maximum absolute atomic E-state index is 6.56. The maximum atomic E-state index is 6.56. The Labute approximate surface area is 200 Å². The lowest BCUT2D eigenvalue weighted by Gasteiger charge is -2.31. The van der Waals surface area contributed by atoms with Crippen LogP contribution in [-0.2, 0) is 4.74 Å². The Balaban J connectivity index is 1.13. The molecule has 1 N–H and O–H groups in total. The molecule has 178 valence electrons. The molecule has 2 aromatic heterocycles. The Bertz CT molecular complexity index is 1150. The zero-order valence-electron chi connectivity index (χ0n) is 19.7. The lowest BCUT2D eigenvalue weighted by molar-refractivity contribution is 0.122. The van der Waals surface area contributed by atoms with E-state index in [1.54, 1.807) is 12.4 Å². The first-order chi connectivity index (χ1) is 16.7. The van der Waals surface area contributed by atoms with Crippen LogP contribution in [0.4, 0.5) is 11.5 Å². The van der Waals surface area contributed by atoms with Crippen LogP contribution >= 0.6 is 0 Å². The van der Waals surface area contributed by atoms with Crippen LogP contribution in [-0.4, -0.2) is 58.4 Å². The summed E-state index contributed by atoms with van der Waals surface area (Å²) >= 11 is 0. The lowest BCUT2D eigenvalue weighted by atomic mass is 9.93. The number of aryl methyl sites for hydroxylation is 1. The zero-order chi connectivity index (χ0) is 22.9. The van der Waals surface area contributed by atoms with E-state index in [0.717, 1.165) is 86.1 Å². The Morgan fingerprint density at radius 2 is 1.74 bits per heavy atom. The van der Waals surface area contributed by atoms with Gasteiger partial charge in [-0.05, 0) is 51.5 Å². The van der Waals surface area contributed by atoms with E-state index in [1.165, 1.54) is 18.5 Å². The standard InChI is InChI=1S/C26H32N6O2/c1-17-29-22(18-2-3-18)16-25(30-17)31-19-4-6-21(7-5-19)34-24-15-20(32-10-12-33-13-11-32)14-23-26(24)28-9-8-27-23/h8-9,14-16,18-19,21H,2-7,10-13H2,1H3,(H,29,30,31)/t19-,21+. The number of rotatable bonds is 6. The highest BCUT2D eigenvalue weighted by Gasteiger charge is 2.27. The molecule has 2 saturated carbocycles. The fourth-order valence-corrected chi connectivity index (χ4v) is 5.09. The molecule has 6 rings (SSSR count). The van der Waals surface area contributed by atoms with Crippen LogP contribution in [0, 0.1) is 6.92 Å². The molecule has 8 nitrogen and oxygen atoms in total. The summed E-state index contributed by atoms with van der Waals surface area (Å²) in [5.74, 6) is 3.30. The number of hydrogen-bond donors (Lipinski definition) is 1. The molecule has 34 heavy (non-hydrogen) atoms. The highest BCUT2D eigenvalue weighted by atomic mass is 16.5. The molecule has 1 saturated heterocycles. The van der Waals surface area contributed by atoms with Gasteiger partial charge in [0.2, 0.25) is 0 Å². The minimum atomic E-state index is 0.178. The van der Waals surface area contributed by atoms with Gasteiger partial charge in [0.1, 0.15) is 22.9 Å². The fourth-order valence-electron chi connectivity index (χ4n) is 5.09. The molecule has 3 aromatic rings. The third kappa shape index (κ3) is 4.78. The molecule has 0 amide bonds. The largest absolute Gasteiger partial charge is 0.488 e. The summed E-state index contributed by atoms with van der Waals surface area (Å²) in [6.07, 6.45) is 10.3. The lowest BCUT2D eigenvalue weighted by Crippen LogP contribution is -2.36. The van der Waals surface area contributed by atoms with Gasteiger partial charge in [-0.15, -0.1) is 0 Å². The number of ether oxygens (including phenoxy) is 2. The summed E-state index contributed by atoms with van der Waals surface area (Å²) in [5, 5.41) is 3.66. The number of aromatic nitrogens is 4. The van der Waals surface area contributed by atoms with Crippen molar-refractivity contribution in [1.82, 2.24) is 19.9 Å². The third-order valence-electron chi connectivity index (χ3n) is 7.07. The van der Waals surface area contributed by atoms with E-state index in [0.29, 0.717) is 12.0 Å². The van der Waals surface area contributed by atoms with Crippen LogP contribution in [0.15, 0.2) is 30.6 Å². The van der Waals surface area contributed by atoms with Crippen LogP contribution in [0.2, 0.25) is 0 Å². The summed E-state index contributed by atoms with van der Waals surface area (Å²) in [7, 11) is 0. The van der Waals surface area contributed by atoms with Gasteiger partial charge in [-0.1, -0.05) is 0 Å². The second-order valence-electron chi connectivity index (χ2n) is 9.70. The third-order valence-corrected chi connectivity index (χ3v) is 7.07. The van der Waals surface area contributed by atoms with Crippen molar-refractivity contribution in [3.63, 3.8) is 0 Å². The molecule has 8 heteroatoms. The Morgan fingerprint density at radius 1 is 0.941 bits per heavy atom. The minimum Gasteiger partial charge on any atom is -0.488 e. The van der Waals surface area contributed by atoms with Crippen molar-refractivity contribution in [3.8, 4) is 5.75 Å². The van der Waals surface area contributed by atoms with Gasteiger partial charge in [-0.3, -0.25) is 4.98 Å². The minimum absolute atomic E-state index is 0.178. The predicted molar refractivity (Wildman–Crippen MR) is 132 cm³/mol. The molecular formula is C26H32N6O2. The molecule has 3 aliphatic rings. The van der Waals surface area contributed by atoms with Gasteiger partial charge in [0.15, 0.2) is 0 Å². The Kier molecular flexibility index (Phi) is 5.91. The molecule has 0 spiro atoms. The SMILES string of the molecule is Cc1nc(N[C@H]2CC[C@@H](Oc3cc(N4CCOCC4)cc4nccnc34)CC2)cc(C2CC2)n1. The average molecular weight is 461 g/mol. The van der Waals surface area contributed by atoms with Crippen molar-refractivity contribution in [2.75, 3.05) is 36.5 Å². The van der Waals surface area contributed by atoms with Crippen molar-refractivity contribution in [1.29, 1.82) is 0 Å². The van der Waals surface area contributed by atoms with E-state index in [2.05, 4.69) is 48.4 Å². The number of morpholine rings is 1. The van der Waals surface area contributed by atoms with Crippen molar-refractivity contribution in [2.45, 2.75) is 63.5 Å². The van der Waals surface area contributed by atoms with Gasteiger partial charge >= 0.3 is 0 Å². The predicted octanol–water partition coefficient (Wildman–Crippen LogP) is 4.24. The van der Waals surface area contributed by atoms with Crippen molar-refractivity contribution in [3.05, 3.63) is 42.1 Å². The second kappa shape index (κ2) is 9.33. The average Bonchev–Trinajstić information content (AvgIpc) is 3.71. The van der Waals surface area contributed by atoms with Crippen LogP contribution < -0.4 is 15.0 Å². The van der Waals surface area contributed by atoms with E-state index in [4.69, 9.17) is 9.47 Å². The smallest absolute Gasteiger partial charge is 0.149 e. The molecule has 2 aliphatic carbocycles. The summed E-state index contributed by atoms with van der Waals surface area (Å²) < 4.78 is 12.1. The highest BCUT2D eigenvalue weighted by Crippen LogP contribution is 2.40. The van der Waals surface area contributed by atoms with Crippen LogP contribution in [0.25, 0.3) is 11.0 Å². The zero-order valence-corrected chi connectivity index (χ0v) is 19.7. The molecule has 0 radical (unpaired) electrons. The maximum Gasteiger partial charge on any atom is 0.149 e. The molecular weight excluding hydrogens is 428 g/mol. The van der Waals surface area contributed by atoms with Crippen LogP contribution in [0.5, 0.6) is 5.75 Å². The van der Waals surface area contributed by atoms with Crippen molar-refractivity contribution >= 4 is 22.5 Å². The summed E-state index contributed by atoms with van der Waals surface area (Å²) in [4.78, 5) is 20.7. The molecule has 1 aromatic carbocycles. The van der Waals surface area contributed by atoms with Gasteiger partial charge in [-0.2, -0.15) is 0 Å². The molecule has 0 unspecified atom stereocenters. The number of hydrogen-bond acceptors (Lipinski definition) is 8. The van der Waals surface area contributed by atoms with Crippen molar-refractivity contribution in [2.24, 2.45) is 0 Å².